The monoisotopic (exact) mass is 416 g/mol. The molecule has 0 saturated heterocycles. The van der Waals surface area contributed by atoms with Crippen molar-refractivity contribution in [2.45, 2.75) is 26.7 Å². The zero-order valence-electron chi connectivity index (χ0n) is 17.1. The van der Waals surface area contributed by atoms with Crippen molar-refractivity contribution >= 4 is 33.7 Å². The van der Waals surface area contributed by atoms with Gasteiger partial charge >= 0.3 is 0 Å². The molecule has 4 aromatic rings. The van der Waals surface area contributed by atoms with Crippen LogP contribution in [0.3, 0.4) is 0 Å². The number of amides is 1. The quantitative estimate of drug-likeness (QED) is 0.416. The van der Waals surface area contributed by atoms with Gasteiger partial charge in [0.1, 0.15) is 5.75 Å². The molecule has 1 heterocycles. The molecule has 4 nitrogen and oxygen atoms in total. The molecule has 0 spiro atoms. The van der Waals surface area contributed by atoms with Crippen molar-refractivity contribution < 1.29 is 9.53 Å². The summed E-state index contributed by atoms with van der Waals surface area (Å²) in [6.07, 6.45) is 1.10. The maximum absolute atomic E-state index is 12.5. The highest BCUT2D eigenvalue weighted by Crippen LogP contribution is 2.26. The summed E-state index contributed by atoms with van der Waals surface area (Å²) in [6, 6.07) is 22.2. The predicted octanol–water partition coefficient (Wildman–Crippen LogP) is 5.78. The zero-order valence-corrected chi connectivity index (χ0v) is 18.0. The van der Waals surface area contributed by atoms with Gasteiger partial charge in [0.05, 0.1) is 23.7 Å². The summed E-state index contributed by atoms with van der Waals surface area (Å²) in [5, 5.41) is 6.48. The molecule has 3 aromatic carbocycles. The molecular weight excluding hydrogens is 392 g/mol. The molecule has 0 aliphatic heterocycles. The Morgan fingerprint density at radius 3 is 2.60 bits per heavy atom. The Kier molecular flexibility index (Phi) is 6.10. The van der Waals surface area contributed by atoms with Crippen molar-refractivity contribution in [3.63, 3.8) is 0 Å². The molecule has 0 aliphatic rings. The molecule has 0 unspecified atom stereocenters. The number of aromatic nitrogens is 1. The van der Waals surface area contributed by atoms with Crippen LogP contribution in [0.2, 0.25) is 0 Å². The van der Waals surface area contributed by atoms with E-state index in [1.54, 1.807) is 11.3 Å². The fourth-order valence-corrected chi connectivity index (χ4v) is 4.58. The van der Waals surface area contributed by atoms with Gasteiger partial charge in [-0.3, -0.25) is 4.79 Å². The fraction of sp³-hybridized carbons (Fsp3) is 0.200. The van der Waals surface area contributed by atoms with Crippen molar-refractivity contribution in [2.75, 3.05) is 11.9 Å². The minimum atomic E-state index is -0.0392. The molecule has 0 aliphatic carbocycles. The molecule has 0 saturated carbocycles. The lowest BCUT2D eigenvalue weighted by Gasteiger charge is -2.06. The first kappa shape index (κ1) is 20.1. The van der Waals surface area contributed by atoms with Crippen LogP contribution in [0.4, 0.5) is 5.69 Å². The number of aryl methyl sites for hydroxylation is 1. The van der Waals surface area contributed by atoms with E-state index in [1.165, 1.54) is 16.3 Å². The lowest BCUT2D eigenvalue weighted by molar-refractivity contribution is -0.115. The second kappa shape index (κ2) is 9.09. The van der Waals surface area contributed by atoms with Crippen LogP contribution in [0.1, 0.15) is 28.1 Å². The van der Waals surface area contributed by atoms with Crippen LogP contribution in [0, 0.1) is 6.92 Å². The van der Waals surface area contributed by atoms with E-state index in [-0.39, 0.29) is 5.91 Å². The van der Waals surface area contributed by atoms with Gasteiger partial charge in [0.2, 0.25) is 5.91 Å². The fourth-order valence-electron chi connectivity index (χ4n) is 3.49. The van der Waals surface area contributed by atoms with E-state index >= 15 is 0 Å². The van der Waals surface area contributed by atoms with Gasteiger partial charge in [0.25, 0.3) is 0 Å². The molecule has 30 heavy (non-hydrogen) atoms. The molecule has 0 bridgehead atoms. The van der Waals surface area contributed by atoms with E-state index in [1.807, 2.05) is 38.1 Å². The molecule has 152 valence electrons. The van der Waals surface area contributed by atoms with Crippen LogP contribution in [0.25, 0.3) is 10.8 Å². The topological polar surface area (TPSA) is 51.2 Å². The molecule has 0 radical (unpaired) electrons. The Morgan fingerprint density at radius 2 is 1.80 bits per heavy atom. The molecule has 1 aromatic heterocycles. The smallest absolute Gasteiger partial charge is 0.229 e. The van der Waals surface area contributed by atoms with Crippen LogP contribution in [-0.4, -0.2) is 17.5 Å². The second-order valence-electron chi connectivity index (χ2n) is 7.11. The van der Waals surface area contributed by atoms with E-state index in [2.05, 4.69) is 47.8 Å². The van der Waals surface area contributed by atoms with Crippen LogP contribution >= 0.6 is 11.3 Å². The van der Waals surface area contributed by atoms with Crippen LogP contribution in [0.15, 0.2) is 66.7 Å². The van der Waals surface area contributed by atoms with Crippen LogP contribution in [-0.2, 0) is 17.6 Å². The van der Waals surface area contributed by atoms with Gasteiger partial charge in [-0.1, -0.05) is 42.5 Å². The summed E-state index contributed by atoms with van der Waals surface area (Å²) >= 11 is 1.62. The summed E-state index contributed by atoms with van der Waals surface area (Å²) in [5.41, 5.74) is 2.95. The van der Waals surface area contributed by atoms with Crippen molar-refractivity contribution in [2.24, 2.45) is 0 Å². The number of fused-ring (bicyclic) bond motifs is 1. The number of carbonyl (C=O) groups excluding carboxylic acids is 1. The van der Waals surface area contributed by atoms with E-state index in [0.29, 0.717) is 13.0 Å². The molecule has 5 heteroatoms. The average Bonchev–Trinajstić information content (AvgIpc) is 3.08. The second-order valence-corrected chi connectivity index (χ2v) is 8.28. The number of hydrogen-bond acceptors (Lipinski definition) is 4. The number of nitrogens with zero attached hydrogens (tertiary/aromatic N) is 1. The number of ether oxygens (including phenoxy) is 1. The number of rotatable bonds is 7. The minimum absolute atomic E-state index is 0.0392. The highest BCUT2D eigenvalue weighted by molar-refractivity contribution is 7.11. The summed E-state index contributed by atoms with van der Waals surface area (Å²) < 4.78 is 5.44. The normalized spacial score (nSPS) is 10.9. The third-order valence-corrected chi connectivity index (χ3v) is 6.09. The number of nitrogens with one attached hydrogen (secondary N) is 1. The largest absolute Gasteiger partial charge is 0.494 e. The van der Waals surface area contributed by atoms with Crippen molar-refractivity contribution in [1.82, 2.24) is 4.98 Å². The van der Waals surface area contributed by atoms with Gasteiger partial charge in [-0.05, 0) is 54.4 Å². The van der Waals surface area contributed by atoms with Crippen LogP contribution < -0.4 is 10.1 Å². The SMILES string of the molecule is CCOc1ccc(NC(=O)Cc2sc(Cc3cccc4ccccc34)nc2C)cc1. The maximum Gasteiger partial charge on any atom is 0.229 e. The van der Waals surface area contributed by atoms with Gasteiger partial charge in [-0.25, -0.2) is 4.98 Å². The van der Waals surface area contributed by atoms with Crippen LogP contribution in [0.5, 0.6) is 5.75 Å². The van der Waals surface area contributed by atoms with Gasteiger partial charge < -0.3 is 10.1 Å². The maximum atomic E-state index is 12.5. The summed E-state index contributed by atoms with van der Waals surface area (Å²) in [5.74, 6) is 0.759. The predicted molar refractivity (Wildman–Crippen MR) is 124 cm³/mol. The Morgan fingerprint density at radius 1 is 1.03 bits per heavy atom. The van der Waals surface area contributed by atoms with Crippen molar-refractivity contribution in [3.8, 4) is 5.75 Å². The molecule has 1 N–H and O–H groups in total. The van der Waals surface area contributed by atoms with Gasteiger partial charge in [0.15, 0.2) is 0 Å². The lowest BCUT2D eigenvalue weighted by Crippen LogP contribution is -2.14. The molecule has 1 amide bonds. The van der Waals surface area contributed by atoms with E-state index in [9.17, 15) is 4.79 Å². The van der Waals surface area contributed by atoms with Gasteiger partial charge in [0, 0.05) is 17.0 Å². The van der Waals surface area contributed by atoms with E-state index in [0.717, 1.165) is 33.4 Å². The highest BCUT2D eigenvalue weighted by Gasteiger charge is 2.13. The van der Waals surface area contributed by atoms with Gasteiger partial charge in [-0.2, -0.15) is 0 Å². The average molecular weight is 417 g/mol. The Labute approximate surface area is 180 Å². The number of thiazole rings is 1. The first-order valence-corrected chi connectivity index (χ1v) is 10.9. The van der Waals surface area contributed by atoms with Gasteiger partial charge in [-0.15, -0.1) is 11.3 Å². The first-order valence-electron chi connectivity index (χ1n) is 10.1. The Bertz CT molecular complexity index is 1160. The third kappa shape index (κ3) is 4.69. The number of anilines is 1. The standard InChI is InChI=1S/C25H24N2O2S/c1-3-29-21-13-11-20(12-14-21)27-24(28)16-23-17(2)26-25(30-23)15-19-9-6-8-18-7-4-5-10-22(18)19/h4-14H,3,15-16H2,1-2H3,(H,27,28). The number of hydrogen-bond donors (Lipinski definition) is 1. The lowest BCUT2D eigenvalue weighted by atomic mass is 10.0. The summed E-state index contributed by atoms with van der Waals surface area (Å²) in [4.78, 5) is 18.3. The first-order chi connectivity index (χ1) is 14.6. The summed E-state index contributed by atoms with van der Waals surface area (Å²) in [7, 11) is 0. The Balaban J connectivity index is 1.44. The van der Waals surface area contributed by atoms with Crippen molar-refractivity contribution in [3.05, 3.63) is 87.9 Å². The van der Waals surface area contributed by atoms with E-state index < -0.39 is 0 Å². The third-order valence-electron chi connectivity index (χ3n) is 4.93. The molecular formula is C25H24N2O2S. The van der Waals surface area contributed by atoms with E-state index in [4.69, 9.17) is 9.72 Å². The molecule has 0 fully saturated rings. The van der Waals surface area contributed by atoms with Crippen molar-refractivity contribution in [1.29, 1.82) is 0 Å². The minimum Gasteiger partial charge on any atom is -0.494 e. The zero-order chi connectivity index (χ0) is 20.9. The molecule has 0 atom stereocenters. The highest BCUT2D eigenvalue weighted by atomic mass is 32.1. The number of benzene rings is 3. The molecule has 4 rings (SSSR count). The summed E-state index contributed by atoms with van der Waals surface area (Å²) in [6.45, 7) is 4.54. The number of carbonyl (C=O) groups is 1. The Hall–Kier alpha value is -3.18.